The molecule has 2 unspecified atom stereocenters. The Bertz CT molecular complexity index is 1000. The van der Waals surface area contributed by atoms with Gasteiger partial charge in [-0.25, -0.2) is 4.98 Å². The summed E-state index contributed by atoms with van der Waals surface area (Å²) in [5.74, 6) is 0.441. The molecule has 4 N–H and O–H groups in total. The van der Waals surface area contributed by atoms with Gasteiger partial charge in [-0.2, -0.15) is 0 Å². The molecule has 196 valence electrons. The lowest BCUT2D eigenvalue weighted by molar-refractivity contribution is -0.138. The molecule has 1 aromatic rings. The molecule has 0 spiro atoms. The smallest absolute Gasteiger partial charge is 0.304 e. The molecule has 0 aromatic carbocycles. The van der Waals surface area contributed by atoms with E-state index in [1.54, 1.807) is 11.8 Å². The van der Waals surface area contributed by atoms with E-state index in [1.807, 2.05) is 12.1 Å². The number of pyridine rings is 1. The van der Waals surface area contributed by atoms with Crippen LogP contribution in [0.25, 0.3) is 0 Å². The summed E-state index contributed by atoms with van der Waals surface area (Å²) in [6, 6.07) is 3.92. The molecule has 7 rings (SSSR count). The Labute approximate surface area is 217 Å². The molecule has 7 nitrogen and oxygen atoms in total. The van der Waals surface area contributed by atoms with Crippen LogP contribution in [-0.2, 0) is 10.2 Å². The fraction of sp³-hybridized carbons (Fsp3) is 0.750. The Balaban J connectivity index is 1.28. The molecular weight excluding hydrogens is 474 g/mol. The number of amides is 1. The van der Waals surface area contributed by atoms with Gasteiger partial charge >= 0.3 is 5.97 Å². The quantitative estimate of drug-likeness (QED) is 0.438. The summed E-state index contributed by atoms with van der Waals surface area (Å²) >= 11 is 1.72. The first-order valence-corrected chi connectivity index (χ1v) is 14.8. The van der Waals surface area contributed by atoms with Crippen molar-refractivity contribution < 1.29 is 19.8 Å². The number of thioether (sulfide) groups is 1. The standard InChI is InChI=1S/C28H39N3O4S/c32-23(33)15-27(8-9-29-16-27)22-7-6-21(26(30-22)36-20-4-2-1-3-5-20)25(34)31-24-18-10-17-11-19(24)14-28(35,12-17)13-18/h6-7,17-20,24,29,35H,1-5,8-16H2,(H,31,34)(H,32,33)/t17?,18?,19?,24?,27-,28?/m1/s1. The van der Waals surface area contributed by atoms with E-state index in [-0.39, 0.29) is 18.4 Å². The average molecular weight is 514 g/mol. The van der Waals surface area contributed by atoms with Crippen LogP contribution in [0.15, 0.2) is 17.2 Å². The maximum absolute atomic E-state index is 13.7. The van der Waals surface area contributed by atoms with Crippen LogP contribution in [0.2, 0.25) is 0 Å². The zero-order valence-corrected chi connectivity index (χ0v) is 21.8. The van der Waals surface area contributed by atoms with Crippen molar-refractivity contribution in [2.24, 2.45) is 17.8 Å². The lowest BCUT2D eigenvalue weighted by Crippen LogP contribution is -2.61. The van der Waals surface area contributed by atoms with Crippen molar-refractivity contribution in [3.8, 4) is 0 Å². The first kappa shape index (κ1) is 24.7. The maximum atomic E-state index is 13.7. The Morgan fingerprint density at radius 3 is 2.50 bits per heavy atom. The molecule has 5 aliphatic carbocycles. The van der Waals surface area contributed by atoms with Crippen molar-refractivity contribution in [1.82, 2.24) is 15.6 Å². The number of carbonyl (C=O) groups excluding carboxylic acids is 1. The summed E-state index contributed by atoms with van der Waals surface area (Å²) < 4.78 is 0. The minimum Gasteiger partial charge on any atom is -0.481 e. The van der Waals surface area contributed by atoms with Crippen molar-refractivity contribution >= 4 is 23.6 Å². The van der Waals surface area contributed by atoms with Crippen LogP contribution in [0.4, 0.5) is 0 Å². The number of nitrogens with zero attached hydrogens (tertiary/aromatic N) is 1. The molecule has 6 aliphatic rings. The molecule has 4 bridgehead atoms. The van der Waals surface area contributed by atoms with Gasteiger partial charge in [-0.15, -0.1) is 11.8 Å². The van der Waals surface area contributed by atoms with Gasteiger partial charge in [0.15, 0.2) is 0 Å². The minimum absolute atomic E-state index is 0.0432. The summed E-state index contributed by atoms with van der Waals surface area (Å²) in [6.07, 6.45) is 11.5. The van der Waals surface area contributed by atoms with Crippen molar-refractivity contribution in [1.29, 1.82) is 0 Å². The second-order valence-electron chi connectivity index (χ2n) is 12.4. The lowest BCUT2D eigenvalue weighted by Gasteiger charge is -2.58. The number of carboxylic acid groups (broad SMARTS) is 1. The second-order valence-corrected chi connectivity index (χ2v) is 13.7. The SMILES string of the molecule is O=C(O)C[C@]1(c2ccc(C(=O)NC3C4CC5CC3CC(O)(C5)C4)c(SC3CCCCC3)n2)CCNC1. The van der Waals surface area contributed by atoms with E-state index < -0.39 is 17.0 Å². The molecule has 3 atom stereocenters. The minimum atomic E-state index is -0.813. The van der Waals surface area contributed by atoms with Gasteiger partial charge in [-0.05, 0) is 87.8 Å². The van der Waals surface area contributed by atoms with Crippen LogP contribution in [0.5, 0.6) is 0 Å². The number of carboxylic acids is 1. The summed E-state index contributed by atoms with van der Waals surface area (Å²) in [7, 11) is 0. The number of hydrogen-bond donors (Lipinski definition) is 4. The molecule has 1 aliphatic heterocycles. The highest BCUT2D eigenvalue weighted by molar-refractivity contribution is 7.99. The fourth-order valence-corrected chi connectivity index (χ4v) is 9.60. The largest absolute Gasteiger partial charge is 0.481 e. The normalized spacial score (nSPS) is 37.8. The lowest BCUT2D eigenvalue weighted by atomic mass is 9.52. The molecule has 1 amide bonds. The average Bonchev–Trinajstić information content (AvgIpc) is 3.30. The molecule has 5 saturated carbocycles. The molecular formula is C28H39N3O4S. The third kappa shape index (κ3) is 4.69. The summed E-state index contributed by atoms with van der Waals surface area (Å²) in [5, 5.41) is 28.5. The van der Waals surface area contributed by atoms with Crippen LogP contribution in [-0.4, -0.2) is 57.1 Å². The van der Waals surface area contributed by atoms with Gasteiger partial charge < -0.3 is 20.8 Å². The van der Waals surface area contributed by atoms with Crippen molar-refractivity contribution in [3.63, 3.8) is 0 Å². The third-order valence-corrected chi connectivity index (χ3v) is 11.1. The Hall–Kier alpha value is -1.64. The number of aliphatic hydroxyl groups is 1. The summed E-state index contributed by atoms with van der Waals surface area (Å²) in [5.41, 5.74) is 0.371. The van der Waals surface area contributed by atoms with Crippen molar-refractivity contribution in [3.05, 3.63) is 23.4 Å². The summed E-state index contributed by atoms with van der Waals surface area (Å²) in [4.78, 5) is 30.5. The Morgan fingerprint density at radius 2 is 1.86 bits per heavy atom. The first-order chi connectivity index (χ1) is 17.3. The zero-order chi connectivity index (χ0) is 24.9. The molecule has 0 radical (unpaired) electrons. The van der Waals surface area contributed by atoms with Gasteiger partial charge in [-0.1, -0.05) is 19.3 Å². The predicted molar refractivity (Wildman–Crippen MR) is 138 cm³/mol. The monoisotopic (exact) mass is 513 g/mol. The zero-order valence-electron chi connectivity index (χ0n) is 21.0. The van der Waals surface area contributed by atoms with E-state index in [2.05, 4.69) is 10.6 Å². The van der Waals surface area contributed by atoms with Crippen molar-refractivity contribution in [2.45, 2.75) is 104 Å². The fourth-order valence-electron chi connectivity index (χ4n) is 8.28. The van der Waals surface area contributed by atoms with Gasteiger partial charge in [0.2, 0.25) is 0 Å². The molecule has 36 heavy (non-hydrogen) atoms. The Kier molecular flexibility index (Phi) is 6.57. The number of carbonyl (C=O) groups is 2. The molecule has 1 aromatic heterocycles. The number of nitrogens with one attached hydrogen (secondary N) is 2. The number of aliphatic carboxylic acids is 1. The van der Waals surface area contributed by atoms with Crippen LogP contribution in [0, 0.1) is 17.8 Å². The van der Waals surface area contributed by atoms with Gasteiger partial charge in [0, 0.05) is 28.9 Å². The van der Waals surface area contributed by atoms with E-state index in [4.69, 9.17) is 4.98 Å². The first-order valence-electron chi connectivity index (χ1n) is 14.0. The molecule has 1 saturated heterocycles. The molecule has 2 heterocycles. The second kappa shape index (κ2) is 9.59. The number of hydrogen-bond acceptors (Lipinski definition) is 6. The highest BCUT2D eigenvalue weighted by atomic mass is 32.2. The maximum Gasteiger partial charge on any atom is 0.304 e. The third-order valence-electron chi connectivity index (χ3n) is 9.75. The van der Waals surface area contributed by atoms with Gasteiger partial charge in [0.05, 0.1) is 17.6 Å². The van der Waals surface area contributed by atoms with Crippen LogP contribution in [0.3, 0.4) is 0 Å². The molecule has 6 fully saturated rings. The predicted octanol–water partition coefficient (Wildman–Crippen LogP) is 3.88. The Morgan fingerprint density at radius 1 is 1.11 bits per heavy atom. The van der Waals surface area contributed by atoms with Gasteiger partial charge in [0.1, 0.15) is 5.03 Å². The van der Waals surface area contributed by atoms with Crippen molar-refractivity contribution in [2.75, 3.05) is 13.1 Å². The van der Waals surface area contributed by atoms with E-state index in [1.165, 1.54) is 19.3 Å². The highest BCUT2D eigenvalue weighted by Crippen LogP contribution is 2.55. The van der Waals surface area contributed by atoms with Crippen LogP contribution >= 0.6 is 11.8 Å². The van der Waals surface area contributed by atoms with Gasteiger partial charge in [-0.3, -0.25) is 9.59 Å². The van der Waals surface area contributed by atoms with E-state index in [0.717, 1.165) is 68.6 Å². The van der Waals surface area contributed by atoms with Crippen LogP contribution in [0.1, 0.15) is 93.1 Å². The molecule has 8 heteroatoms. The number of rotatable bonds is 7. The highest BCUT2D eigenvalue weighted by Gasteiger charge is 2.55. The van der Waals surface area contributed by atoms with E-state index in [0.29, 0.717) is 35.1 Å². The summed E-state index contributed by atoms with van der Waals surface area (Å²) in [6.45, 7) is 1.38. The van der Waals surface area contributed by atoms with Gasteiger partial charge in [0.25, 0.3) is 5.91 Å². The van der Waals surface area contributed by atoms with Crippen LogP contribution < -0.4 is 10.6 Å². The number of aromatic nitrogens is 1. The van der Waals surface area contributed by atoms with E-state index >= 15 is 0 Å². The van der Waals surface area contributed by atoms with E-state index in [9.17, 15) is 19.8 Å². The topological polar surface area (TPSA) is 112 Å².